The summed E-state index contributed by atoms with van der Waals surface area (Å²) in [6, 6.07) is 8.43. The third-order valence-corrected chi connectivity index (χ3v) is 5.03. The Morgan fingerprint density at radius 1 is 1.17 bits per heavy atom. The zero-order valence-corrected chi connectivity index (χ0v) is 17.0. The summed E-state index contributed by atoms with van der Waals surface area (Å²) in [4.78, 5) is 30.4. The van der Waals surface area contributed by atoms with E-state index in [1.54, 1.807) is 49.8 Å². The number of hydrogen-bond donors (Lipinski definition) is 1. The number of amides is 2. The minimum absolute atomic E-state index is 0.00715. The maximum absolute atomic E-state index is 12.5. The molecule has 1 fully saturated rings. The first kappa shape index (κ1) is 21.1. The quantitative estimate of drug-likeness (QED) is 0.700. The summed E-state index contributed by atoms with van der Waals surface area (Å²) >= 11 is 6.31. The second kappa shape index (κ2) is 10.2. The van der Waals surface area contributed by atoms with Crippen LogP contribution in [0.5, 0.6) is 5.75 Å². The van der Waals surface area contributed by atoms with E-state index in [0.29, 0.717) is 61.0 Å². The van der Waals surface area contributed by atoms with Crippen molar-refractivity contribution in [2.24, 2.45) is 0 Å². The van der Waals surface area contributed by atoms with Crippen molar-refractivity contribution in [3.63, 3.8) is 0 Å². The maximum atomic E-state index is 12.5. The minimum Gasteiger partial charge on any atom is -0.489 e. The van der Waals surface area contributed by atoms with E-state index in [2.05, 4.69) is 10.3 Å². The van der Waals surface area contributed by atoms with Crippen LogP contribution >= 0.6 is 11.6 Å². The van der Waals surface area contributed by atoms with Crippen molar-refractivity contribution in [2.45, 2.75) is 18.9 Å². The Balaban J connectivity index is 1.52. The molecule has 2 heterocycles. The molecule has 1 aromatic heterocycles. The second-order valence-corrected chi connectivity index (χ2v) is 7.15. The van der Waals surface area contributed by atoms with Crippen molar-refractivity contribution in [3.8, 4) is 5.75 Å². The van der Waals surface area contributed by atoms with Gasteiger partial charge in [-0.05, 0) is 30.3 Å². The topological polar surface area (TPSA) is 80.8 Å². The van der Waals surface area contributed by atoms with Crippen LogP contribution in [0.1, 0.15) is 33.6 Å². The van der Waals surface area contributed by atoms with Crippen molar-refractivity contribution >= 4 is 23.4 Å². The molecule has 1 aliphatic heterocycles. The summed E-state index contributed by atoms with van der Waals surface area (Å²) in [6.45, 7) is 2.11. The largest absolute Gasteiger partial charge is 0.489 e. The lowest BCUT2D eigenvalue weighted by Gasteiger charge is -2.32. The number of ether oxygens (including phenoxy) is 2. The zero-order valence-electron chi connectivity index (χ0n) is 16.3. The number of pyridine rings is 1. The van der Waals surface area contributed by atoms with Gasteiger partial charge >= 0.3 is 0 Å². The molecule has 2 amide bonds. The van der Waals surface area contributed by atoms with Crippen LogP contribution in [-0.2, 0) is 4.74 Å². The van der Waals surface area contributed by atoms with E-state index >= 15 is 0 Å². The Kier molecular flexibility index (Phi) is 7.43. The van der Waals surface area contributed by atoms with Crippen LogP contribution in [0, 0.1) is 0 Å². The third-order valence-electron chi connectivity index (χ3n) is 4.74. The molecule has 3 rings (SSSR count). The maximum Gasteiger partial charge on any atom is 0.253 e. The van der Waals surface area contributed by atoms with Gasteiger partial charge in [-0.15, -0.1) is 0 Å². The molecule has 154 valence electrons. The monoisotopic (exact) mass is 417 g/mol. The normalized spacial score (nSPS) is 14.5. The number of rotatable bonds is 7. The summed E-state index contributed by atoms with van der Waals surface area (Å²) in [6.07, 6.45) is 4.63. The van der Waals surface area contributed by atoms with E-state index in [1.165, 1.54) is 0 Å². The molecule has 0 saturated carbocycles. The summed E-state index contributed by atoms with van der Waals surface area (Å²) in [5.41, 5.74) is 1.11. The molecular weight excluding hydrogens is 394 g/mol. The summed E-state index contributed by atoms with van der Waals surface area (Å²) in [5, 5.41) is 3.14. The lowest BCUT2D eigenvalue weighted by atomic mass is 10.1. The van der Waals surface area contributed by atoms with Crippen LogP contribution in [-0.4, -0.2) is 61.2 Å². The van der Waals surface area contributed by atoms with Crippen LogP contribution in [0.2, 0.25) is 5.02 Å². The van der Waals surface area contributed by atoms with Gasteiger partial charge < -0.3 is 19.7 Å². The molecule has 1 aromatic carbocycles. The molecule has 0 spiro atoms. The number of nitrogens with zero attached hydrogens (tertiary/aromatic N) is 2. The van der Waals surface area contributed by atoms with Crippen LogP contribution in [0.4, 0.5) is 0 Å². The molecule has 1 saturated heterocycles. The van der Waals surface area contributed by atoms with Crippen molar-refractivity contribution in [2.75, 3.05) is 33.4 Å². The zero-order chi connectivity index (χ0) is 20.6. The fourth-order valence-corrected chi connectivity index (χ4v) is 3.36. The van der Waals surface area contributed by atoms with E-state index in [-0.39, 0.29) is 17.9 Å². The molecule has 0 atom stereocenters. The van der Waals surface area contributed by atoms with Crippen LogP contribution < -0.4 is 10.1 Å². The molecule has 0 radical (unpaired) electrons. The number of hydrogen-bond acceptors (Lipinski definition) is 5. The van der Waals surface area contributed by atoms with Crippen molar-refractivity contribution < 1.29 is 19.1 Å². The molecular formula is C21H24ClN3O4. The highest BCUT2D eigenvalue weighted by Crippen LogP contribution is 2.28. The van der Waals surface area contributed by atoms with E-state index in [4.69, 9.17) is 21.1 Å². The summed E-state index contributed by atoms with van der Waals surface area (Å²) < 4.78 is 10.9. The second-order valence-electron chi connectivity index (χ2n) is 6.74. The number of carbonyl (C=O) groups is 2. The van der Waals surface area contributed by atoms with Gasteiger partial charge in [-0.1, -0.05) is 11.6 Å². The lowest BCUT2D eigenvalue weighted by Crippen LogP contribution is -2.41. The number of benzene rings is 1. The Hall–Kier alpha value is -2.64. The van der Waals surface area contributed by atoms with Crippen molar-refractivity contribution in [1.82, 2.24) is 15.2 Å². The number of aromatic nitrogens is 1. The molecule has 7 nitrogen and oxygen atoms in total. The van der Waals surface area contributed by atoms with Gasteiger partial charge in [0.05, 0.1) is 11.6 Å². The van der Waals surface area contributed by atoms with Gasteiger partial charge in [-0.25, -0.2) is 0 Å². The molecule has 0 unspecified atom stereocenters. The van der Waals surface area contributed by atoms with Crippen molar-refractivity contribution in [1.29, 1.82) is 0 Å². The Labute approximate surface area is 175 Å². The number of nitrogens with one attached hydrogen (secondary N) is 1. The molecule has 0 aliphatic carbocycles. The number of methoxy groups -OCH3 is 1. The summed E-state index contributed by atoms with van der Waals surface area (Å²) in [7, 11) is 1.58. The first-order chi connectivity index (χ1) is 14.1. The minimum atomic E-state index is -0.210. The van der Waals surface area contributed by atoms with E-state index in [1.807, 2.05) is 4.90 Å². The molecule has 1 N–H and O–H groups in total. The van der Waals surface area contributed by atoms with Crippen LogP contribution in [0.3, 0.4) is 0 Å². The molecule has 8 heteroatoms. The number of likely N-dealkylation sites (tertiary alicyclic amines) is 1. The Bertz CT molecular complexity index is 839. The highest BCUT2D eigenvalue weighted by molar-refractivity contribution is 6.32. The van der Waals surface area contributed by atoms with Gasteiger partial charge in [0.2, 0.25) is 0 Å². The molecule has 1 aliphatic rings. The highest BCUT2D eigenvalue weighted by Gasteiger charge is 2.25. The van der Waals surface area contributed by atoms with Gasteiger partial charge in [0, 0.05) is 63.1 Å². The summed E-state index contributed by atoms with van der Waals surface area (Å²) in [5.74, 6) is 0.338. The lowest BCUT2D eigenvalue weighted by molar-refractivity contribution is 0.0595. The number of halogens is 1. The smallest absolute Gasteiger partial charge is 0.253 e. The average Bonchev–Trinajstić information content (AvgIpc) is 2.76. The van der Waals surface area contributed by atoms with Gasteiger partial charge in [0.25, 0.3) is 11.8 Å². The van der Waals surface area contributed by atoms with Gasteiger partial charge in [0.15, 0.2) is 0 Å². The Morgan fingerprint density at radius 3 is 2.55 bits per heavy atom. The average molecular weight is 418 g/mol. The van der Waals surface area contributed by atoms with Gasteiger partial charge in [-0.2, -0.15) is 0 Å². The predicted molar refractivity (Wildman–Crippen MR) is 109 cm³/mol. The molecule has 29 heavy (non-hydrogen) atoms. The van der Waals surface area contributed by atoms with E-state index in [9.17, 15) is 9.59 Å². The third kappa shape index (κ3) is 5.68. The number of carbonyl (C=O) groups excluding carboxylic acids is 2. The van der Waals surface area contributed by atoms with E-state index in [0.717, 1.165) is 0 Å². The first-order valence-electron chi connectivity index (χ1n) is 9.51. The van der Waals surface area contributed by atoms with Gasteiger partial charge in [-0.3, -0.25) is 14.6 Å². The first-order valence-corrected chi connectivity index (χ1v) is 9.89. The standard InChI is InChI=1S/C21H24ClN3O4/c1-28-13-10-24-20(26)16-2-3-19(18(22)14-16)29-17-6-11-25(12-7-17)21(27)15-4-8-23-9-5-15/h2-5,8-9,14,17H,6-7,10-13H2,1H3,(H,24,26). The number of piperidine rings is 1. The predicted octanol–water partition coefficient (Wildman–Crippen LogP) is 2.79. The highest BCUT2D eigenvalue weighted by atomic mass is 35.5. The van der Waals surface area contributed by atoms with E-state index < -0.39 is 0 Å². The van der Waals surface area contributed by atoms with Gasteiger partial charge in [0.1, 0.15) is 11.9 Å². The fourth-order valence-electron chi connectivity index (χ4n) is 3.14. The molecule has 0 bridgehead atoms. The van der Waals surface area contributed by atoms with Crippen molar-refractivity contribution in [3.05, 3.63) is 58.9 Å². The van der Waals surface area contributed by atoms with Crippen LogP contribution in [0.15, 0.2) is 42.7 Å². The Morgan fingerprint density at radius 2 is 1.90 bits per heavy atom. The molecule has 2 aromatic rings. The van der Waals surface area contributed by atoms with Crippen LogP contribution in [0.25, 0.3) is 0 Å². The fraction of sp³-hybridized carbons (Fsp3) is 0.381. The SMILES string of the molecule is COCCNC(=O)c1ccc(OC2CCN(C(=O)c3ccncc3)CC2)c(Cl)c1.